The number of alkyl carbamates (subject to hydrolysis) is 1. The monoisotopic (exact) mass is 423 g/mol. The molecular weight excluding hydrogens is 394 g/mol. The Morgan fingerprint density at radius 2 is 1.62 bits per heavy atom. The van der Waals surface area contributed by atoms with Crippen molar-refractivity contribution in [2.24, 2.45) is 5.92 Å². The van der Waals surface area contributed by atoms with E-state index in [4.69, 9.17) is 0 Å². The molecule has 1 saturated heterocycles. The standard InChI is InChI=1S/C20H29N3O5S/c1-28-20(25)22-17-11-9-16(10-12-17)21-19(24)15-6-5-13-23(14-15)29(26,27)18-7-3-2-4-8-18/h2-4,7-8,15-17H,5-6,9-14H2,1H3,(H,21,24)(H,22,25)/t15-,16-,17-/m0/s1. The summed E-state index contributed by atoms with van der Waals surface area (Å²) in [6.07, 6.45) is 4.03. The van der Waals surface area contributed by atoms with E-state index in [0.717, 1.165) is 25.7 Å². The molecule has 2 amide bonds. The lowest BCUT2D eigenvalue weighted by atomic mass is 9.90. The number of rotatable bonds is 5. The zero-order valence-electron chi connectivity index (χ0n) is 16.7. The van der Waals surface area contributed by atoms with E-state index in [1.165, 1.54) is 11.4 Å². The molecule has 1 aliphatic heterocycles. The summed E-state index contributed by atoms with van der Waals surface area (Å²) in [5.74, 6) is -0.421. The van der Waals surface area contributed by atoms with Crippen LogP contribution in [0.5, 0.6) is 0 Å². The highest BCUT2D eigenvalue weighted by atomic mass is 32.2. The molecule has 2 fully saturated rings. The van der Waals surface area contributed by atoms with Crippen LogP contribution in [0.3, 0.4) is 0 Å². The first-order valence-electron chi connectivity index (χ1n) is 10.1. The number of nitrogens with one attached hydrogen (secondary N) is 2. The molecular formula is C20H29N3O5S. The Morgan fingerprint density at radius 1 is 1.00 bits per heavy atom. The van der Waals surface area contributed by atoms with Gasteiger partial charge in [0.1, 0.15) is 0 Å². The maximum absolute atomic E-state index is 12.8. The Morgan fingerprint density at radius 3 is 2.24 bits per heavy atom. The summed E-state index contributed by atoms with van der Waals surface area (Å²) in [7, 11) is -2.24. The zero-order chi connectivity index (χ0) is 20.9. The van der Waals surface area contributed by atoms with E-state index in [9.17, 15) is 18.0 Å². The lowest BCUT2D eigenvalue weighted by Crippen LogP contribution is -2.49. The highest BCUT2D eigenvalue weighted by Gasteiger charge is 2.34. The van der Waals surface area contributed by atoms with Crippen molar-refractivity contribution >= 4 is 22.0 Å². The van der Waals surface area contributed by atoms with Gasteiger partial charge in [-0.25, -0.2) is 13.2 Å². The first-order valence-corrected chi connectivity index (χ1v) is 11.5. The lowest BCUT2D eigenvalue weighted by molar-refractivity contribution is -0.127. The van der Waals surface area contributed by atoms with Crippen LogP contribution in [-0.4, -0.2) is 57.0 Å². The maximum atomic E-state index is 12.8. The molecule has 2 aliphatic rings. The fourth-order valence-electron chi connectivity index (χ4n) is 4.04. The van der Waals surface area contributed by atoms with Crippen LogP contribution in [0.4, 0.5) is 4.79 Å². The quantitative estimate of drug-likeness (QED) is 0.752. The first kappa shape index (κ1) is 21.6. The average molecular weight is 424 g/mol. The van der Waals surface area contributed by atoms with Gasteiger partial charge in [0.05, 0.1) is 17.9 Å². The second kappa shape index (κ2) is 9.58. The molecule has 3 rings (SSSR count). The first-order chi connectivity index (χ1) is 13.9. The van der Waals surface area contributed by atoms with Crippen LogP contribution in [-0.2, 0) is 19.6 Å². The molecule has 9 heteroatoms. The Hall–Kier alpha value is -2.13. The minimum atomic E-state index is -3.58. The number of nitrogens with zero attached hydrogens (tertiary/aromatic N) is 1. The van der Waals surface area contributed by atoms with Crippen molar-refractivity contribution in [1.29, 1.82) is 0 Å². The van der Waals surface area contributed by atoms with Crippen LogP contribution in [0.1, 0.15) is 38.5 Å². The topological polar surface area (TPSA) is 105 Å². The van der Waals surface area contributed by atoms with E-state index in [1.54, 1.807) is 30.3 Å². The zero-order valence-corrected chi connectivity index (χ0v) is 17.5. The number of hydrogen-bond acceptors (Lipinski definition) is 5. The third kappa shape index (κ3) is 5.48. The summed E-state index contributed by atoms with van der Waals surface area (Å²) in [4.78, 5) is 24.3. The second-order valence-electron chi connectivity index (χ2n) is 7.71. The maximum Gasteiger partial charge on any atom is 0.407 e. The van der Waals surface area contributed by atoms with E-state index in [0.29, 0.717) is 19.4 Å². The SMILES string of the molecule is COC(=O)N[C@H]1CC[C@H](NC(=O)[C@H]2CCCN(S(=O)(=O)c3ccccc3)C2)CC1. The number of hydrogen-bond donors (Lipinski definition) is 2. The van der Waals surface area contributed by atoms with Gasteiger partial charge in [0, 0.05) is 25.2 Å². The number of carbonyl (C=O) groups is 2. The molecule has 29 heavy (non-hydrogen) atoms. The van der Waals surface area contributed by atoms with E-state index >= 15 is 0 Å². The van der Waals surface area contributed by atoms with Crippen LogP contribution < -0.4 is 10.6 Å². The summed E-state index contributed by atoms with van der Waals surface area (Å²) in [6.45, 7) is 0.646. The third-order valence-electron chi connectivity index (χ3n) is 5.72. The van der Waals surface area contributed by atoms with Crippen LogP contribution in [0.2, 0.25) is 0 Å². The van der Waals surface area contributed by atoms with Gasteiger partial charge in [0.15, 0.2) is 0 Å². The average Bonchev–Trinajstić information content (AvgIpc) is 2.75. The highest BCUT2D eigenvalue weighted by molar-refractivity contribution is 7.89. The minimum Gasteiger partial charge on any atom is -0.453 e. The van der Waals surface area contributed by atoms with Crippen molar-refractivity contribution in [3.8, 4) is 0 Å². The Labute approximate surface area is 172 Å². The molecule has 160 valence electrons. The molecule has 0 bridgehead atoms. The summed E-state index contributed by atoms with van der Waals surface area (Å²) < 4.78 is 31.7. The number of benzene rings is 1. The van der Waals surface area contributed by atoms with Crippen molar-refractivity contribution in [3.63, 3.8) is 0 Å². The van der Waals surface area contributed by atoms with Gasteiger partial charge in [0.2, 0.25) is 15.9 Å². The van der Waals surface area contributed by atoms with Gasteiger partial charge in [-0.3, -0.25) is 4.79 Å². The Bertz CT molecular complexity index is 807. The minimum absolute atomic E-state index is 0.0549. The fourth-order valence-corrected chi connectivity index (χ4v) is 5.59. The summed E-state index contributed by atoms with van der Waals surface area (Å²) >= 11 is 0. The smallest absolute Gasteiger partial charge is 0.407 e. The van der Waals surface area contributed by atoms with Crippen molar-refractivity contribution in [2.45, 2.75) is 55.5 Å². The van der Waals surface area contributed by atoms with Gasteiger partial charge >= 0.3 is 6.09 Å². The number of piperidine rings is 1. The van der Waals surface area contributed by atoms with E-state index in [2.05, 4.69) is 15.4 Å². The van der Waals surface area contributed by atoms with Crippen molar-refractivity contribution < 1.29 is 22.7 Å². The van der Waals surface area contributed by atoms with Crippen molar-refractivity contribution in [3.05, 3.63) is 30.3 Å². The molecule has 0 spiro atoms. The van der Waals surface area contributed by atoms with E-state index in [1.807, 2.05) is 0 Å². The molecule has 1 aliphatic carbocycles. The summed E-state index contributed by atoms with van der Waals surface area (Å²) in [5, 5.41) is 5.88. The highest BCUT2D eigenvalue weighted by Crippen LogP contribution is 2.25. The van der Waals surface area contributed by atoms with E-state index in [-0.39, 0.29) is 35.3 Å². The molecule has 0 radical (unpaired) electrons. The molecule has 1 aromatic carbocycles. The number of methoxy groups -OCH3 is 1. The van der Waals surface area contributed by atoms with Crippen LogP contribution in [0.25, 0.3) is 0 Å². The molecule has 0 aromatic heterocycles. The summed E-state index contributed by atoms with van der Waals surface area (Å²) in [6, 6.07) is 8.47. The number of sulfonamides is 1. The van der Waals surface area contributed by atoms with Gasteiger partial charge in [-0.1, -0.05) is 18.2 Å². The molecule has 1 aromatic rings. The third-order valence-corrected chi connectivity index (χ3v) is 7.60. The van der Waals surface area contributed by atoms with Crippen molar-refractivity contribution in [1.82, 2.24) is 14.9 Å². The molecule has 1 saturated carbocycles. The predicted octanol–water partition coefficient (Wildman–Crippen LogP) is 1.87. The Balaban J connectivity index is 1.52. The molecule has 1 heterocycles. The molecule has 0 unspecified atom stereocenters. The normalized spacial score (nSPS) is 25.8. The lowest BCUT2D eigenvalue weighted by Gasteiger charge is -2.34. The largest absolute Gasteiger partial charge is 0.453 e. The van der Waals surface area contributed by atoms with Crippen LogP contribution in [0.15, 0.2) is 35.2 Å². The molecule has 8 nitrogen and oxygen atoms in total. The number of amides is 2. The van der Waals surface area contributed by atoms with Gasteiger partial charge in [-0.2, -0.15) is 4.31 Å². The van der Waals surface area contributed by atoms with Gasteiger partial charge in [-0.05, 0) is 50.7 Å². The summed E-state index contributed by atoms with van der Waals surface area (Å²) in [5.41, 5.74) is 0. The van der Waals surface area contributed by atoms with Crippen LogP contribution in [0, 0.1) is 5.92 Å². The fraction of sp³-hybridized carbons (Fsp3) is 0.600. The van der Waals surface area contributed by atoms with Crippen LogP contribution >= 0.6 is 0 Å². The second-order valence-corrected chi connectivity index (χ2v) is 9.65. The number of carbonyl (C=O) groups excluding carboxylic acids is 2. The van der Waals surface area contributed by atoms with Crippen molar-refractivity contribution in [2.75, 3.05) is 20.2 Å². The molecule has 2 N–H and O–H groups in total. The number of ether oxygens (including phenoxy) is 1. The van der Waals surface area contributed by atoms with E-state index < -0.39 is 16.1 Å². The van der Waals surface area contributed by atoms with Gasteiger partial charge in [0.25, 0.3) is 0 Å². The Kier molecular flexibility index (Phi) is 7.13. The van der Waals surface area contributed by atoms with Gasteiger partial charge in [-0.15, -0.1) is 0 Å². The predicted molar refractivity (Wildman–Crippen MR) is 108 cm³/mol. The van der Waals surface area contributed by atoms with Gasteiger partial charge < -0.3 is 15.4 Å². The molecule has 1 atom stereocenters.